The molecule has 3 heterocycles. The molecule has 2 aromatic carbocycles. The predicted octanol–water partition coefficient (Wildman–Crippen LogP) is 4.71. The molecule has 1 saturated heterocycles. The molecule has 0 unspecified atom stereocenters. The Balaban J connectivity index is 0.00000541. The zero-order valence-electron chi connectivity index (χ0n) is 28.4. The van der Waals surface area contributed by atoms with Gasteiger partial charge in [-0.05, 0) is 82.3 Å². The SMILES string of the molecule is CC(C)(C)OC(=O)NCCOCCOCC(=O)N1CCC([C@@H]2CCNc3c(C(N)=O)c(-c4ccc(Oc5ccccc5)cc4)nn32)CC1.S. The van der Waals surface area contributed by atoms with E-state index in [2.05, 4.69) is 10.6 Å². The van der Waals surface area contributed by atoms with Gasteiger partial charge in [-0.25, -0.2) is 9.48 Å². The second kappa shape index (κ2) is 17.4. The van der Waals surface area contributed by atoms with Crippen LogP contribution in [-0.2, 0) is 19.0 Å². The van der Waals surface area contributed by atoms with Crippen molar-refractivity contribution in [3.05, 3.63) is 60.2 Å². The number of anilines is 1. The number of fused-ring (bicyclic) bond motifs is 1. The summed E-state index contributed by atoms with van der Waals surface area (Å²) in [4.78, 5) is 39.0. The number of para-hydroxylation sites is 1. The Morgan fingerprint density at radius 1 is 0.939 bits per heavy atom. The van der Waals surface area contributed by atoms with Gasteiger partial charge in [-0.3, -0.25) is 9.59 Å². The molecule has 2 aliphatic heterocycles. The topological polar surface area (TPSA) is 159 Å². The lowest BCUT2D eigenvalue weighted by Gasteiger charge is -2.38. The van der Waals surface area contributed by atoms with Gasteiger partial charge >= 0.3 is 6.09 Å². The van der Waals surface area contributed by atoms with E-state index in [4.69, 9.17) is 29.8 Å². The summed E-state index contributed by atoms with van der Waals surface area (Å²) in [6.07, 6.45) is 2.00. The molecule has 49 heavy (non-hydrogen) atoms. The number of alkyl carbamates (subject to hydrolysis) is 1. The largest absolute Gasteiger partial charge is 0.457 e. The molecule has 3 amide bonds. The highest BCUT2D eigenvalue weighted by molar-refractivity contribution is 7.59. The fourth-order valence-corrected chi connectivity index (χ4v) is 6.02. The van der Waals surface area contributed by atoms with Crippen molar-refractivity contribution in [2.75, 3.05) is 57.9 Å². The molecule has 4 N–H and O–H groups in total. The van der Waals surface area contributed by atoms with E-state index in [-0.39, 0.29) is 44.6 Å². The maximum Gasteiger partial charge on any atom is 0.407 e. The monoisotopic (exact) mass is 696 g/mol. The molecule has 0 spiro atoms. The quantitative estimate of drug-likeness (QED) is 0.215. The molecular weight excluding hydrogens is 648 g/mol. The van der Waals surface area contributed by atoms with Crippen molar-refractivity contribution >= 4 is 37.2 Å². The van der Waals surface area contributed by atoms with Gasteiger partial charge in [0.15, 0.2) is 0 Å². The molecule has 13 nitrogen and oxygen atoms in total. The standard InChI is InChI=1S/C35H46N6O7.H2S/c1-35(2,3)48-34(44)38-17-20-45-21-22-46-23-29(42)40-18-14-24(15-19-40)28-13-16-37-33-30(32(36)43)31(39-41(28)33)25-9-11-27(12-10-25)47-26-7-5-4-6-8-26;/h4-12,24,28,37H,13-23H2,1-3H3,(H2,36,43)(H,38,44);1H2/t28-;/m0./s1. The zero-order valence-corrected chi connectivity index (χ0v) is 29.4. The summed E-state index contributed by atoms with van der Waals surface area (Å²) in [5.74, 6) is 1.76. The number of carbonyl (C=O) groups excluding carboxylic acids is 3. The van der Waals surface area contributed by atoms with E-state index in [1.54, 1.807) is 20.8 Å². The number of ether oxygens (including phenoxy) is 4. The minimum atomic E-state index is -0.550. The number of benzene rings is 2. The first-order chi connectivity index (χ1) is 23.1. The Kier molecular flexibility index (Phi) is 13.3. The van der Waals surface area contributed by atoms with Crippen LogP contribution in [0, 0.1) is 5.92 Å². The fraction of sp³-hybridized carbons (Fsp3) is 0.486. The lowest BCUT2D eigenvalue weighted by molar-refractivity contribution is -0.138. The number of likely N-dealkylation sites (tertiary alicyclic amines) is 1. The Morgan fingerprint density at radius 2 is 1.61 bits per heavy atom. The second-order valence-corrected chi connectivity index (χ2v) is 12.9. The average molecular weight is 697 g/mol. The number of hydrogen-bond acceptors (Lipinski definition) is 9. The zero-order chi connectivity index (χ0) is 34.1. The molecule has 1 fully saturated rings. The highest BCUT2D eigenvalue weighted by atomic mass is 32.1. The van der Waals surface area contributed by atoms with E-state index < -0.39 is 17.6 Å². The van der Waals surface area contributed by atoms with Crippen molar-refractivity contribution in [1.82, 2.24) is 20.0 Å². The Morgan fingerprint density at radius 3 is 2.29 bits per heavy atom. The minimum Gasteiger partial charge on any atom is -0.457 e. The van der Waals surface area contributed by atoms with Crippen LogP contribution in [0.4, 0.5) is 10.6 Å². The third kappa shape index (κ3) is 10.4. The molecular formula is C35H48N6O7S. The van der Waals surface area contributed by atoms with Crippen molar-refractivity contribution in [2.24, 2.45) is 11.7 Å². The lowest BCUT2D eigenvalue weighted by Crippen LogP contribution is -2.43. The number of carbonyl (C=O) groups is 3. The number of rotatable bonds is 13. The summed E-state index contributed by atoms with van der Waals surface area (Å²) in [6, 6.07) is 17.1. The molecule has 14 heteroatoms. The highest BCUT2D eigenvalue weighted by Gasteiger charge is 2.36. The van der Waals surface area contributed by atoms with Gasteiger partial charge in [0, 0.05) is 31.7 Å². The highest BCUT2D eigenvalue weighted by Crippen LogP contribution is 2.40. The second-order valence-electron chi connectivity index (χ2n) is 12.9. The number of primary amides is 1. The van der Waals surface area contributed by atoms with Crippen LogP contribution in [-0.4, -0.2) is 90.8 Å². The normalized spacial score (nSPS) is 16.1. The van der Waals surface area contributed by atoms with Gasteiger partial charge in [-0.1, -0.05) is 18.2 Å². The van der Waals surface area contributed by atoms with Crippen LogP contribution in [0.5, 0.6) is 11.5 Å². The predicted molar refractivity (Wildman–Crippen MR) is 190 cm³/mol. The molecule has 0 aliphatic carbocycles. The van der Waals surface area contributed by atoms with Gasteiger partial charge < -0.3 is 40.2 Å². The third-order valence-corrected chi connectivity index (χ3v) is 8.26. The van der Waals surface area contributed by atoms with E-state index in [9.17, 15) is 14.4 Å². The summed E-state index contributed by atoms with van der Waals surface area (Å²) < 4.78 is 24.0. The molecule has 0 bridgehead atoms. The van der Waals surface area contributed by atoms with E-state index in [0.717, 1.165) is 30.6 Å². The van der Waals surface area contributed by atoms with Crippen molar-refractivity contribution < 1.29 is 33.3 Å². The number of amides is 3. The van der Waals surface area contributed by atoms with Crippen molar-refractivity contribution in [3.8, 4) is 22.8 Å². The van der Waals surface area contributed by atoms with Gasteiger partial charge in [0.1, 0.15) is 40.8 Å². The molecule has 1 aromatic heterocycles. The number of nitrogens with two attached hydrogens (primary N) is 1. The van der Waals surface area contributed by atoms with Gasteiger partial charge in [-0.2, -0.15) is 18.6 Å². The fourth-order valence-electron chi connectivity index (χ4n) is 6.02. The molecule has 266 valence electrons. The number of aromatic nitrogens is 2. The van der Waals surface area contributed by atoms with Gasteiger partial charge in [0.2, 0.25) is 5.91 Å². The van der Waals surface area contributed by atoms with E-state index in [1.807, 2.05) is 64.2 Å². The summed E-state index contributed by atoms with van der Waals surface area (Å²) >= 11 is 0. The maximum atomic E-state index is 12.8. The number of piperidine rings is 1. The summed E-state index contributed by atoms with van der Waals surface area (Å²) in [5, 5.41) is 10.9. The number of nitrogens with one attached hydrogen (secondary N) is 2. The molecule has 5 rings (SSSR count). The molecule has 2 aliphatic rings. The van der Waals surface area contributed by atoms with Crippen molar-refractivity contribution in [1.29, 1.82) is 0 Å². The van der Waals surface area contributed by atoms with Crippen LogP contribution < -0.4 is 21.1 Å². The molecule has 0 radical (unpaired) electrons. The smallest absolute Gasteiger partial charge is 0.407 e. The Labute approximate surface area is 294 Å². The van der Waals surface area contributed by atoms with E-state index in [1.165, 1.54) is 0 Å². The Bertz CT molecular complexity index is 1540. The third-order valence-electron chi connectivity index (χ3n) is 8.26. The van der Waals surface area contributed by atoms with Gasteiger partial charge in [0.25, 0.3) is 5.91 Å². The van der Waals surface area contributed by atoms with Crippen LogP contribution in [0.2, 0.25) is 0 Å². The summed E-state index contributed by atoms with van der Waals surface area (Å²) in [6.45, 7) is 8.57. The van der Waals surface area contributed by atoms with Crippen LogP contribution >= 0.6 is 13.5 Å². The first-order valence-electron chi connectivity index (χ1n) is 16.5. The molecule has 1 atom stereocenters. The van der Waals surface area contributed by atoms with Crippen molar-refractivity contribution in [2.45, 2.75) is 51.7 Å². The lowest BCUT2D eigenvalue weighted by atomic mass is 9.87. The van der Waals surface area contributed by atoms with Crippen LogP contribution in [0.1, 0.15) is 56.4 Å². The van der Waals surface area contributed by atoms with E-state index >= 15 is 0 Å². The van der Waals surface area contributed by atoms with Crippen LogP contribution in [0.25, 0.3) is 11.3 Å². The first kappa shape index (κ1) is 37.5. The number of hydrogen-bond donors (Lipinski definition) is 3. The average Bonchev–Trinajstić information content (AvgIpc) is 3.46. The minimum absolute atomic E-state index is 0. The molecule has 3 aromatic rings. The van der Waals surface area contributed by atoms with E-state index in [0.29, 0.717) is 62.2 Å². The number of nitrogens with zero attached hydrogens (tertiary/aromatic N) is 3. The summed E-state index contributed by atoms with van der Waals surface area (Å²) in [7, 11) is 0. The summed E-state index contributed by atoms with van der Waals surface area (Å²) in [5.41, 5.74) is 7.04. The Hall–Kier alpha value is -4.27. The molecule has 0 saturated carbocycles. The van der Waals surface area contributed by atoms with Crippen LogP contribution in [0.3, 0.4) is 0 Å². The first-order valence-corrected chi connectivity index (χ1v) is 16.5. The van der Waals surface area contributed by atoms with Gasteiger partial charge in [-0.15, -0.1) is 0 Å². The van der Waals surface area contributed by atoms with Crippen molar-refractivity contribution in [3.63, 3.8) is 0 Å². The van der Waals surface area contributed by atoms with Crippen LogP contribution in [0.15, 0.2) is 54.6 Å². The maximum absolute atomic E-state index is 12.8. The van der Waals surface area contributed by atoms with Gasteiger partial charge in [0.05, 0.1) is 25.9 Å².